The highest BCUT2D eigenvalue weighted by Gasteiger charge is 2.04. The van der Waals surface area contributed by atoms with Gasteiger partial charge in [0.25, 0.3) is 0 Å². The Morgan fingerprint density at radius 1 is 1.44 bits per heavy atom. The van der Waals surface area contributed by atoms with Crippen LogP contribution in [0.3, 0.4) is 0 Å². The lowest BCUT2D eigenvalue weighted by atomic mass is 10.1. The first-order valence-corrected chi connectivity index (χ1v) is 6.61. The lowest BCUT2D eigenvalue weighted by Crippen LogP contribution is -1.82. The van der Waals surface area contributed by atoms with Crippen LogP contribution >= 0.6 is 39.1 Å². The molecule has 0 saturated carbocycles. The van der Waals surface area contributed by atoms with Crippen molar-refractivity contribution in [1.82, 2.24) is 0 Å². The Morgan fingerprint density at radius 2 is 2.19 bits per heavy atom. The molecule has 1 rings (SSSR count). The summed E-state index contributed by atoms with van der Waals surface area (Å²) >= 11 is 15.7. The first-order chi connectivity index (χ1) is 7.65. The summed E-state index contributed by atoms with van der Waals surface area (Å²) in [6.07, 6.45) is 4.86. The molecule has 0 radical (unpaired) electrons. The predicted octanol–water partition coefficient (Wildman–Crippen LogP) is 6.00. The van der Waals surface area contributed by atoms with Crippen LogP contribution in [0.2, 0.25) is 5.02 Å². The summed E-state index contributed by atoms with van der Waals surface area (Å²) < 4.78 is 1.01. The molecule has 0 amide bonds. The van der Waals surface area contributed by atoms with Gasteiger partial charge in [0.1, 0.15) is 0 Å². The predicted molar refractivity (Wildman–Crippen MR) is 77.2 cm³/mol. The van der Waals surface area contributed by atoms with E-state index in [1.165, 1.54) is 0 Å². The molecule has 0 aliphatic rings. The van der Waals surface area contributed by atoms with Crippen LogP contribution in [0.25, 0.3) is 5.03 Å². The van der Waals surface area contributed by atoms with Crippen LogP contribution in [0.4, 0.5) is 0 Å². The van der Waals surface area contributed by atoms with E-state index in [0.29, 0.717) is 5.02 Å². The molecule has 0 nitrogen and oxygen atoms in total. The van der Waals surface area contributed by atoms with Gasteiger partial charge >= 0.3 is 0 Å². The van der Waals surface area contributed by atoms with Gasteiger partial charge in [-0.25, -0.2) is 0 Å². The van der Waals surface area contributed by atoms with Gasteiger partial charge in [0, 0.05) is 9.51 Å². The molecule has 0 atom stereocenters. The van der Waals surface area contributed by atoms with Gasteiger partial charge in [-0.1, -0.05) is 57.3 Å². The Hall–Kier alpha value is -0.240. The summed E-state index contributed by atoms with van der Waals surface area (Å²) in [6.45, 7) is 3.69. The minimum atomic E-state index is 0.696. The SMILES string of the molecule is C=CCCC/C(Br)=C(/Cl)c1cccc(Cl)c1. The van der Waals surface area contributed by atoms with Gasteiger partial charge in [-0.15, -0.1) is 6.58 Å². The highest BCUT2D eigenvalue weighted by atomic mass is 79.9. The molecule has 0 spiro atoms. The molecule has 0 heterocycles. The minimum absolute atomic E-state index is 0.696. The molecule has 16 heavy (non-hydrogen) atoms. The summed E-state index contributed by atoms with van der Waals surface area (Å²) in [5.74, 6) is 0. The first kappa shape index (κ1) is 13.8. The molecular formula is C13H13BrCl2. The maximum atomic E-state index is 6.26. The first-order valence-electron chi connectivity index (χ1n) is 5.06. The monoisotopic (exact) mass is 318 g/mol. The fourth-order valence-corrected chi connectivity index (χ4v) is 2.20. The quantitative estimate of drug-likeness (QED) is 0.461. The highest BCUT2D eigenvalue weighted by Crippen LogP contribution is 2.31. The maximum Gasteiger partial charge on any atom is 0.0580 e. The Morgan fingerprint density at radius 3 is 2.81 bits per heavy atom. The summed E-state index contributed by atoms with van der Waals surface area (Å²) in [6, 6.07) is 7.53. The molecule has 3 heteroatoms. The van der Waals surface area contributed by atoms with Gasteiger partial charge in [0.05, 0.1) is 5.03 Å². The highest BCUT2D eigenvalue weighted by molar-refractivity contribution is 9.11. The standard InChI is InChI=1S/C13H13BrCl2/c1-2-3-4-8-12(14)13(16)10-6-5-7-11(15)9-10/h2,5-7,9H,1,3-4,8H2/b13-12-. The minimum Gasteiger partial charge on any atom is -0.103 e. The zero-order valence-corrected chi connectivity index (χ0v) is 11.9. The molecule has 0 aliphatic heterocycles. The van der Waals surface area contributed by atoms with E-state index in [4.69, 9.17) is 23.2 Å². The van der Waals surface area contributed by atoms with Crippen molar-refractivity contribution in [2.45, 2.75) is 19.3 Å². The van der Waals surface area contributed by atoms with Crippen LogP contribution in [0, 0.1) is 0 Å². The van der Waals surface area contributed by atoms with Gasteiger partial charge in [-0.2, -0.15) is 0 Å². The fourth-order valence-electron chi connectivity index (χ4n) is 1.29. The molecule has 0 aliphatic carbocycles. The number of hydrogen-bond donors (Lipinski definition) is 0. The van der Waals surface area contributed by atoms with E-state index in [2.05, 4.69) is 22.5 Å². The molecule has 1 aromatic rings. The van der Waals surface area contributed by atoms with Crippen LogP contribution in [-0.4, -0.2) is 0 Å². The smallest absolute Gasteiger partial charge is 0.0580 e. The second kappa shape index (κ2) is 7.16. The number of allylic oxidation sites excluding steroid dienone is 2. The van der Waals surface area contributed by atoms with Gasteiger partial charge in [0.15, 0.2) is 0 Å². The lowest BCUT2D eigenvalue weighted by Gasteiger charge is -2.04. The molecule has 0 N–H and O–H groups in total. The van der Waals surface area contributed by atoms with E-state index in [1.54, 1.807) is 0 Å². The third-order valence-corrected chi connectivity index (χ3v) is 3.82. The molecular weight excluding hydrogens is 307 g/mol. The third kappa shape index (κ3) is 4.32. The topological polar surface area (TPSA) is 0 Å². The van der Waals surface area contributed by atoms with Gasteiger partial charge in [0.2, 0.25) is 0 Å². The summed E-state index contributed by atoms with van der Waals surface area (Å²) in [5.41, 5.74) is 0.944. The average molecular weight is 320 g/mol. The van der Waals surface area contributed by atoms with Crippen LogP contribution in [0.15, 0.2) is 41.4 Å². The van der Waals surface area contributed by atoms with E-state index in [9.17, 15) is 0 Å². The molecule has 0 fully saturated rings. The van der Waals surface area contributed by atoms with Gasteiger partial charge < -0.3 is 0 Å². The van der Waals surface area contributed by atoms with Crippen LogP contribution < -0.4 is 0 Å². The van der Waals surface area contributed by atoms with Crippen LogP contribution in [0.1, 0.15) is 24.8 Å². The Balaban J connectivity index is 2.77. The van der Waals surface area contributed by atoms with Gasteiger partial charge in [-0.05, 0) is 37.0 Å². The molecule has 0 saturated heterocycles. The zero-order chi connectivity index (χ0) is 12.0. The zero-order valence-electron chi connectivity index (χ0n) is 8.85. The van der Waals surface area contributed by atoms with Crippen molar-refractivity contribution in [2.75, 3.05) is 0 Å². The maximum absolute atomic E-state index is 6.26. The van der Waals surface area contributed by atoms with Crippen molar-refractivity contribution >= 4 is 44.2 Å². The lowest BCUT2D eigenvalue weighted by molar-refractivity contribution is 0.866. The summed E-state index contributed by atoms with van der Waals surface area (Å²) in [5, 5.41) is 1.42. The summed E-state index contributed by atoms with van der Waals surface area (Å²) in [7, 11) is 0. The van der Waals surface area contributed by atoms with Crippen molar-refractivity contribution in [3.63, 3.8) is 0 Å². The van der Waals surface area contributed by atoms with Crippen molar-refractivity contribution < 1.29 is 0 Å². The second-order valence-electron chi connectivity index (χ2n) is 3.41. The van der Waals surface area contributed by atoms with Crippen molar-refractivity contribution in [2.24, 2.45) is 0 Å². The van der Waals surface area contributed by atoms with Crippen molar-refractivity contribution in [3.8, 4) is 0 Å². The number of halogens is 3. The van der Waals surface area contributed by atoms with E-state index < -0.39 is 0 Å². The second-order valence-corrected chi connectivity index (χ2v) is 5.18. The Kier molecular flexibility index (Phi) is 6.18. The Bertz CT molecular complexity index is 397. The van der Waals surface area contributed by atoms with E-state index >= 15 is 0 Å². The largest absolute Gasteiger partial charge is 0.103 e. The van der Waals surface area contributed by atoms with Gasteiger partial charge in [-0.3, -0.25) is 0 Å². The number of unbranched alkanes of at least 4 members (excludes halogenated alkanes) is 1. The number of rotatable bonds is 5. The molecule has 0 unspecified atom stereocenters. The number of benzene rings is 1. The molecule has 0 bridgehead atoms. The van der Waals surface area contributed by atoms with Crippen molar-refractivity contribution in [3.05, 3.63) is 52.0 Å². The van der Waals surface area contributed by atoms with Crippen LogP contribution in [-0.2, 0) is 0 Å². The van der Waals surface area contributed by atoms with E-state index in [1.807, 2.05) is 30.3 Å². The Labute approximate surface area is 115 Å². The molecule has 0 aromatic heterocycles. The molecule has 86 valence electrons. The van der Waals surface area contributed by atoms with E-state index in [-0.39, 0.29) is 0 Å². The normalized spacial score (nSPS) is 12.2. The van der Waals surface area contributed by atoms with Crippen molar-refractivity contribution in [1.29, 1.82) is 0 Å². The molecule has 1 aromatic carbocycles. The van der Waals surface area contributed by atoms with E-state index in [0.717, 1.165) is 34.3 Å². The third-order valence-electron chi connectivity index (χ3n) is 2.12. The summed E-state index contributed by atoms with van der Waals surface area (Å²) in [4.78, 5) is 0. The number of hydrogen-bond acceptors (Lipinski definition) is 0. The fraction of sp³-hybridized carbons (Fsp3) is 0.231. The van der Waals surface area contributed by atoms with Crippen LogP contribution in [0.5, 0.6) is 0 Å². The average Bonchev–Trinajstić information content (AvgIpc) is 2.28.